The van der Waals surface area contributed by atoms with Crippen LogP contribution < -0.4 is 0 Å². The van der Waals surface area contributed by atoms with E-state index in [1.54, 1.807) is 24.3 Å². The van der Waals surface area contributed by atoms with Crippen molar-refractivity contribution < 1.29 is 8.42 Å². The average molecular weight is 321 g/mol. The SMILES string of the molecule is O=S(=O)(/C(Cc1ccccc1)=C1/C=CC=C[CH-]1)c1ccccc1. The smallest absolute Gasteiger partial charge is 0.169 e. The number of allylic oxidation sites excluding steroid dienone is 6. The van der Waals surface area contributed by atoms with Crippen molar-refractivity contribution >= 4 is 9.84 Å². The van der Waals surface area contributed by atoms with Crippen LogP contribution in [0.15, 0.2) is 100 Å². The van der Waals surface area contributed by atoms with E-state index in [-0.39, 0.29) is 0 Å². The zero-order chi connectivity index (χ0) is 16.1. The molecule has 2 nitrogen and oxygen atoms in total. The van der Waals surface area contributed by atoms with Gasteiger partial charge in [-0.05, 0) is 23.5 Å². The fraction of sp³-hybridized carbons (Fsp3) is 0.0500. The zero-order valence-corrected chi connectivity index (χ0v) is 13.4. The third kappa shape index (κ3) is 3.46. The Hall–Kier alpha value is -2.52. The largest absolute Gasteiger partial charge is 0.229 e. The Morgan fingerprint density at radius 2 is 1.52 bits per heavy atom. The van der Waals surface area contributed by atoms with E-state index in [2.05, 4.69) is 0 Å². The van der Waals surface area contributed by atoms with Gasteiger partial charge in [0, 0.05) is 0 Å². The highest BCUT2D eigenvalue weighted by molar-refractivity contribution is 7.95. The monoisotopic (exact) mass is 321 g/mol. The number of sulfone groups is 1. The summed E-state index contributed by atoms with van der Waals surface area (Å²) in [4.78, 5) is 0.755. The zero-order valence-electron chi connectivity index (χ0n) is 12.6. The molecule has 0 N–H and O–H groups in total. The molecule has 0 aromatic heterocycles. The molecule has 0 atom stereocenters. The highest BCUT2D eigenvalue weighted by Crippen LogP contribution is 2.28. The Morgan fingerprint density at radius 3 is 2.13 bits per heavy atom. The van der Waals surface area contributed by atoms with Crippen LogP contribution in [0.1, 0.15) is 5.56 Å². The van der Waals surface area contributed by atoms with Crippen LogP contribution in [0.5, 0.6) is 0 Å². The lowest BCUT2D eigenvalue weighted by Crippen LogP contribution is -2.10. The van der Waals surface area contributed by atoms with Crippen LogP contribution in [0.2, 0.25) is 0 Å². The topological polar surface area (TPSA) is 34.1 Å². The molecule has 0 saturated heterocycles. The van der Waals surface area contributed by atoms with Crippen molar-refractivity contribution in [3.8, 4) is 0 Å². The predicted octanol–water partition coefficient (Wildman–Crippen LogP) is 4.29. The maximum absolute atomic E-state index is 13.1. The van der Waals surface area contributed by atoms with Gasteiger partial charge in [0.1, 0.15) is 0 Å². The van der Waals surface area contributed by atoms with Gasteiger partial charge in [0.15, 0.2) is 9.84 Å². The summed E-state index contributed by atoms with van der Waals surface area (Å²) in [6.07, 6.45) is 9.68. The van der Waals surface area contributed by atoms with E-state index in [9.17, 15) is 8.42 Å². The van der Waals surface area contributed by atoms with E-state index in [1.165, 1.54) is 0 Å². The molecule has 0 unspecified atom stereocenters. The summed E-state index contributed by atoms with van der Waals surface area (Å²) in [5.41, 5.74) is 1.71. The molecule has 116 valence electrons. The van der Waals surface area contributed by atoms with Gasteiger partial charge in [-0.15, -0.1) is 36.3 Å². The van der Waals surface area contributed by atoms with E-state index in [0.717, 1.165) is 11.1 Å². The van der Waals surface area contributed by atoms with Gasteiger partial charge in [0.25, 0.3) is 0 Å². The first-order chi connectivity index (χ1) is 11.2. The highest BCUT2D eigenvalue weighted by Gasteiger charge is 2.19. The van der Waals surface area contributed by atoms with Gasteiger partial charge in [-0.3, -0.25) is 0 Å². The van der Waals surface area contributed by atoms with Crippen molar-refractivity contribution in [2.45, 2.75) is 11.3 Å². The molecule has 2 aromatic rings. The van der Waals surface area contributed by atoms with Gasteiger partial charge >= 0.3 is 0 Å². The van der Waals surface area contributed by atoms with Crippen LogP contribution in [-0.2, 0) is 16.3 Å². The second-order valence-corrected chi connectivity index (χ2v) is 7.24. The maximum atomic E-state index is 13.1. The lowest BCUT2D eigenvalue weighted by Gasteiger charge is -2.20. The summed E-state index contributed by atoms with van der Waals surface area (Å²) >= 11 is 0. The minimum Gasteiger partial charge on any atom is -0.229 e. The Kier molecular flexibility index (Phi) is 4.49. The first-order valence-corrected chi connectivity index (χ1v) is 8.91. The fourth-order valence-corrected chi connectivity index (χ4v) is 4.10. The van der Waals surface area contributed by atoms with E-state index < -0.39 is 9.84 Å². The van der Waals surface area contributed by atoms with Gasteiger partial charge in [-0.25, -0.2) is 8.42 Å². The molecule has 2 aromatic carbocycles. The van der Waals surface area contributed by atoms with Crippen LogP contribution in [0, 0.1) is 6.42 Å². The van der Waals surface area contributed by atoms with Crippen LogP contribution in [0.3, 0.4) is 0 Å². The Bertz CT molecular complexity index is 858. The standard InChI is InChI=1S/C20H17O2S/c21-23(22,19-14-8-3-9-15-19)20(18-12-6-2-7-13-18)16-17-10-4-1-5-11-17/h1-15H,16H2/q-1. The summed E-state index contributed by atoms with van der Waals surface area (Å²) in [5, 5.41) is 0. The molecule has 3 heteroatoms. The van der Waals surface area contributed by atoms with Crippen LogP contribution in [-0.4, -0.2) is 8.42 Å². The first-order valence-electron chi connectivity index (χ1n) is 7.43. The molecule has 0 radical (unpaired) electrons. The quantitative estimate of drug-likeness (QED) is 0.787. The molecule has 0 fully saturated rings. The van der Waals surface area contributed by atoms with E-state index >= 15 is 0 Å². The predicted molar refractivity (Wildman–Crippen MR) is 93.4 cm³/mol. The summed E-state index contributed by atoms with van der Waals surface area (Å²) in [6.45, 7) is 0. The average Bonchev–Trinajstić information content (AvgIpc) is 2.62. The van der Waals surface area contributed by atoms with Crippen molar-refractivity contribution in [1.82, 2.24) is 0 Å². The second kappa shape index (κ2) is 6.71. The molecule has 0 bridgehead atoms. The van der Waals surface area contributed by atoms with Crippen molar-refractivity contribution in [2.75, 3.05) is 0 Å². The molecule has 23 heavy (non-hydrogen) atoms. The Labute approximate surface area is 137 Å². The summed E-state index contributed by atoms with van der Waals surface area (Å²) in [7, 11) is -3.54. The molecular weight excluding hydrogens is 304 g/mol. The summed E-state index contributed by atoms with van der Waals surface area (Å²) < 4.78 is 26.2. The Morgan fingerprint density at radius 1 is 0.870 bits per heavy atom. The third-order valence-electron chi connectivity index (χ3n) is 3.68. The molecule has 1 aliphatic carbocycles. The number of benzene rings is 2. The van der Waals surface area contributed by atoms with Gasteiger partial charge in [-0.2, -0.15) is 0 Å². The van der Waals surface area contributed by atoms with E-state index in [1.807, 2.05) is 67.1 Å². The van der Waals surface area contributed by atoms with Crippen molar-refractivity contribution in [3.05, 3.63) is 107 Å². The minimum atomic E-state index is -3.54. The first kappa shape index (κ1) is 15.4. The lowest BCUT2D eigenvalue weighted by molar-refractivity contribution is 0.600. The molecule has 0 aliphatic heterocycles. The molecule has 3 rings (SSSR count). The highest BCUT2D eigenvalue weighted by atomic mass is 32.2. The van der Waals surface area contributed by atoms with Crippen LogP contribution in [0.25, 0.3) is 0 Å². The summed E-state index contributed by atoms with van der Waals surface area (Å²) in [5.74, 6) is 0. The van der Waals surface area contributed by atoms with Gasteiger partial charge in [0.2, 0.25) is 0 Å². The Balaban J connectivity index is 2.09. The van der Waals surface area contributed by atoms with E-state index in [4.69, 9.17) is 0 Å². The number of hydrogen-bond donors (Lipinski definition) is 0. The fourth-order valence-electron chi connectivity index (χ4n) is 2.50. The molecule has 0 amide bonds. The van der Waals surface area contributed by atoms with Crippen molar-refractivity contribution in [3.63, 3.8) is 0 Å². The molecule has 1 aliphatic rings. The van der Waals surface area contributed by atoms with Gasteiger partial charge < -0.3 is 0 Å². The second-order valence-electron chi connectivity index (χ2n) is 5.27. The number of hydrogen-bond acceptors (Lipinski definition) is 2. The minimum absolute atomic E-state index is 0.329. The third-order valence-corrected chi connectivity index (χ3v) is 5.60. The van der Waals surface area contributed by atoms with Crippen molar-refractivity contribution in [2.24, 2.45) is 0 Å². The number of rotatable bonds is 4. The normalized spacial score (nSPS) is 16.0. The van der Waals surface area contributed by atoms with Gasteiger partial charge in [-0.1, -0.05) is 54.1 Å². The van der Waals surface area contributed by atoms with Crippen LogP contribution in [0.4, 0.5) is 0 Å². The molecule has 0 heterocycles. The molecule has 0 saturated carbocycles. The van der Waals surface area contributed by atoms with Crippen molar-refractivity contribution in [1.29, 1.82) is 0 Å². The lowest BCUT2D eigenvalue weighted by atomic mass is 10.0. The van der Waals surface area contributed by atoms with Gasteiger partial charge in [0.05, 0.1) is 4.90 Å². The summed E-state index contributed by atoms with van der Waals surface area (Å²) in [6, 6.07) is 18.3. The van der Waals surface area contributed by atoms with Crippen LogP contribution >= 0.6 is 0 Å². The molecule has 0 spiro atoms. The maximum Gasteiger partial charge on any atom is 0.169 e. The van der Waals surface area contributed by atoms with E-state index in [0.29, 0.717) is 16.2 Å². The molecular formula is C20H17O2S-.